The van der Waals surface area contributed by atoms with Gasteiger partial charge >= 0.3 is 12.0 Å². The molecule has 2 N–H and O–H groups in total. The summed E-state index contributed by atoms with van der Waals surface area (Å²) in [6, 6.07) is 14.3. The van der Waals surface area contributed by atoms with Gasteiger partial charge < -0.3 is 19.3 Å². The van der Waals surface area contributed by atoms with Crippen LogP contribution in [0.15, 0.2) is 65.9 Å². The molecule has 2 amide bonds. The molecule has 9 heteroatoms. The lowest BCUT2D eigenvalue weighted by atomic mass is 9.90. The summed E-state index contributed by atoms with van der Waals surface area (Å²) in [5.41, 5.74) is 3.71. The molecule has 0 fully saturated rings. The van der Waals surface area contributed by atoms with E-state index in [2.05, 4.69) is 10.5 Å². The molecule has 0 aromatic heterocycles. The molecule has 1 aliphatic heterocycles. The van der Waals surface area contributed by atoms with E-state index in [-0.39, 0.29) is 24.0 Å². The average molecular weight is 483 g/mol. The van der Waals surface area contributed by atoms with Crippen LogP contribution in [-0.4, -0.2) is 47.3 Å². The van der Waals surface area contributed by atoms with Gasteiger partial charge in [0.2, 0.25) is 0 Å². The van der Waals surface area contributed by atoms with E-state index in [1.807, 2.05) is 58.0 Å². The third-order valence-corrected chi connectivity index (χ3v) is 5.22. The molecule has 2 aromatic rings. The lowest BCUT2D eigenvalue weighted by Crippen LogP contribution is -2.55. The van der Waals surface area contributed by atoms with Crippen molar-refractivity contribution in [2.24, 2.45) is 10.5 Å². The minimum absolute atomic E-state index is 0.120. The van der Waals surface area contributed by atoms with Crippen molar-refractivity contribution in [2.75, 3.05) is 13.7 Å². The maximum atomic E-state index is 13.4. The Hall–Kier alpha value is -3.69. The van der Waals surface area contributed by atoms with Gasteiger partial charge in [0.25, 0.3) is 0 Å². The third kappa shape index (κ3) is 6.46. The van der Waals surface area contributed by atoms with Crippen molar-refractivity contribution >= 4 is 17.7 Å². The van der Waals surface area contributed by atoms with Crippen LogP contribution in [-0.2, 0) is 11.3 Å². The lowest BCUT2D eigenvalue weighted by Gasteiger charge is -2.22. The highest BCUT2D eigenvalue weighted by Crippen LogP contribution is 2.29. The van der Waals surface area contributed by atoms with E-state index >= 15 is 0 Å². The number of carbonyl (C=O) groups is 2. The summed E-state index contributed by atoms with van der Waals surface area (Å²) >= 11 is 0. The molecule has 2 aromatic carbocycles. The van der Waals surface area contributed by atoms with Gasteiger partial charge in [-0.15, -0.1) is 0 Å². The van der Waals surface area contributed by atoms with Crippen molar-refractivity contribution in [3.05, 3.63) is 71.9 Å². The Kier molecular flexibility index (Phi) is 7.93. The quantitative estimate of drug-likeness (QED) is 0.526. The monoisotopic (exact) mass is 482 g/mol. The zero-order chi connectivity index (χ0) is 25.6. The van der Waals surface area contributed by atoms with Gasteiger partial charge in [-0.3, -0.25) is 4.79 Å². The van der Waals surface area contributed by atoms with Crippen molar-refractivity contribution in [3.63, 3.8) is 0 Å². The van der Waals surface area contributed by atoms with Gasteiger partial charge in [0.05, 0.1) is 12.2 Å². The molecule has 1 heterocycles. The summed E-state index contributed by atoms with van der Waals surface area (Å²) < 4.78 is 15.8. The molecule has 9 nitrogen and oxygen atoms in total. The van der Waals surface area contributed by atoms with E-state index in [0.717, 1.165) is 5.56 Å². The van der Waals surface area contributed by atoms with Gasteiger partial charge in [-0.05, 0) is 35.8 Å². The van der Waals surface area contributed by atoms with Gasteiger partial charge in [0.1, 0.15) is 29.9 Å². The summed E-state index contributed by atoms with van der Waals surface area (Å²) in [5.74, 6) is 0.0261. The van der Waals surface area contributed by atoms with E-state index in [0.29, 0.717) is 18.1 Å². The lowest BCUT2D eigenvalue weighted by molar-refractivity contribution is -0.846. The number of ether oxygens (including phenoxy) is 3. The van der Waals surface area contributed by atoms with E-state index in [1.54, 1.807) is 25.3 Å². The Bertz CT molecular complexity index is 1120. The van der Waals surface area contributed by atoms with Crippen LogP contribution in [0.4, 0.5) is 4.79 Å². The minimum atomic E-state index is -1.35. The van der Waals surface area contributed by atoms with Crippen molar-refractivity contribution in [3.8, 4) is 11.5 Å². The predicted octanol–water partition coefficient (Wildman–Crippen LogP) is 4.75. The fraction of sp³-hybridized carbons (Fsp3) is 0.346. The van der Waals surface area contributed by atoms with Crippen molar-refractivity contribution in [2.45, 2.75) is 40.4 Å². The zero-order valence-electron chi connectivity index (χ0n) is 20.6. The van der Waals surface area contributed by atoms with Crippen LogP contribution in [0.25, 0.3) is 0 Å². The highest BCUT2D eigenvalue weighted by molar-refractivity contribution is 6.00. The number of nitrogens with zero attached hydrogens (tertiary/aromatic N) is 2. The van der Waals surface area contributed by atoms with E-state index in [9.17, 15) is 14.7 Å². The van der Waals surface area contributed by atoms with Crippen LogP contribution in [0.3, 0.4) is 0 Å². The summed E-state index contributed by atoms with van der Waals surface area (Å²) in [7, 11) is 1.57. The molecule has 0 aliphatic carbocycles. The van der Waals surface area contributed by atoms with Crippen LogP contribution < -0.4 is 14.9 Å². The second-order valence-electron chi connectivity index (χ2n) is 9.28. The minimum Gasteiger partial charge on any atom is -0.488 e. The molecule has 35 heavy (non-hydrogen) atoms. The first-order chi connectivity index (χ1) is 16.5. The Morgan fingerprint density at radius 3 is 2.46 bits per heavy atom. The number of amides is 2. The van der Waals surface area contributed by atoms with Gasteiger partial charge in [0.15, 0.2) is 6.20 Å². The first-order valence-corrected chi connectivity index (χ1v) is 11.3. The topological polar surface area (TPSA) is 106 Å². The van der Waals surface area contributed by atoms with E-state index in [4.69, 9.17) is 14.2 Å². The van der Waals surface area contributed by atoms with Crippen molar-refractivity contribution in [1.29, 1.82) is 0 Å². The second-order valence-corrected chi connectivity index (χ2v) is 9.28. The molecule has 186 valence electrons. The molecule has 0 saturated heterocycles. The second kappa shape index (κ2) is 10.7. The molecule has 1 unspecified atom stereocenters. The Labute approximate surface area is 205 Å². The van der Waals surface area contributed by atoms with Crippen LogP contribution in [0.1, 0.15) is 43.6 Å². The van der Waals surface area contributed by atoms with Crippen LogP contribution >= 0.6 is 0 Å². The molecular formula is C26H32N3O6+. The number of benzene rings is 2. The van der Waals surface area contributed by atoms with Gasteiger partial charge in [0, 0.05) is 23.3 Å². The number of hydrogen-bond donors (Lipinski definition) is 2. The number of carboxylic acid groups (broad SMARTS) is 1. The standard InChI is InChI=1S/C26H31N3O6/c1-18(16-33-5)35-20-11-12-22(34-17-19-9-7-6-8-10-19)21(15-20)24(30)28-29(25(31)32)14-13-23(27-29)26(2,3)4/h6-15,18H,16-17H2,1-5H3,(H-,28,30,31,32)/p+1/t18-,29?/m0/s1. The fourth-order valence-corrected chi connectivity index (χ4v) is 3.37. The molecule has 0 saturated carbocycles. The summed E-state index contributed by atoms with van der Waals surface area (Å²) in [4.78, 5) is 25.6. The number of allylic oxidation sites excluding steroid dienone is 1. The molecule has 1 aliphatic rings. The number of nitrogens with one attached hydrogen (secondary N) is 1. The van der Waals surface area contributed by atoms with Crippen molar-refractivity contribution in [1.82, 2.24) is 5.43 Å². The summed E-state index contributed by atoms with van der Waals surface area (Å²) in [6.07, 6.45) is 1.33. The number of quaternary nitrogens is 1. The first-order valence-electron chi connectivity index (χ1n) is 11.3. The number of hydrogen-bond acceptors (Lipinski definition) is 6. The maximum absolute atomic E-state index is 13.4. The van der Waals surface area contributed by atoms with E-state index < -0.39 is 22.1 Å². The highest BCUT2D eigenvalue weighted by atomic mass is 16.5. The normalized spacial score (nSPS) is 18.0. The average Bonchev–Trinajstić information content (AvgIpc) is 3.25. The SMILES string of the molecule is COC[C@H](C)Oc1ccc(OCc2ccccc2)c(C(=O)N[N+]2(C(=O)O)C=CC(C(C)(C)C)=N2)c1. The summed E-state index contributed by atoms with van der Waals surface area (Å²) in [5, 5.41) is 14.2. The van der Waals surface area contributed by atoms with Gasteiger partial charge in [-0.1, -0.05) is 51.1 Å². The maximum Gasteiger partial charge on any atom is 0.572 e. The third-order valence-electron chi connectivity index (χ3n) is 5.22. The number of carbonyl (C=O) groups excluding carboxylic acids is 1. The molecule has 3 rings (SSSR count). The van der Waals surface area contributed by atoms with Crippen LogP contribution in [0, 0.1) is 5.41 Å². The largest absolute Gasteiger partial charge is 0.572 e. The predicted molar refractivity (Wildman–Crippen MR) is 131 cm³/mol. The molecule has 0 radical (unpaired) electrons. The Balaban J connectivity index is 1.92. The molecule has 0 bridgehead atoms. The fourth-order valence-electron chi connectivity index (χ4n) is 3.37. The molecule has 2 atom stereocenters. The van der Waals surface area contributed by atoms with Gasteiger partial charge in [-0.2, -0.15) is 10.2 Å². The molecule has 0 spiro atoms. The smallest absolute Gasteiger partial charge is 0.488 e. The number of methoxy groups -OCH3 is 1. The zero-order valence-corrected chi connectivity index (χ0v) is 20.6. The van der Waals surface area contributed by atoms with Crippen LogP contribution in [0.5, 0.6) is 11.5 Å². The number of rotatable bonds is 8. The molecular weight excluding hydrogens is 450 g/mol. The first kappa shape index (κ1) is 25.9. The Morgan fingerprint density at radius 2 is 1.86 bits per heavy atom. The summed E-state index contributed by atoms with van der Waals surface area (Å²) in [6.45, 7) is 8.17. The van der Waals surface area contributed by atoms with Crippen molar-refractivity contribution < 1.29 is 33.6 Å². The van der Waals surface area contributed by atoms with Crippen LogP contribution in [0.2, 0.25) is 0 Å². The van der Waals surface area contributed by atoms with E-state index in [1.165, 1.54) is 12.3 Å². The Morgan fingerprint density at radius 1 is 1.14 bits per heavy atom. The van der Waals surface area contributed by atoms with Gasteiger partial charge in [-0.25, -0.2) is 0 Å². The highest BCUT2D eigenvalue weighted by Gasteiger charge is 2.45.